The summed E-state index contributed by atoms with van der Waals surface area (Å²) in [7, 11) is 0. The lowest BCUT2D eigenvalue weighted by Crippen LogP contribution is -2.38. The maximum absolute atomic E-state index is 14.5. The normalized spacial score (nSPS) is 18.0. The van der Waals surface area contributed by atoms with Crippen LogP contribution in [0.25, 0.3) is 0 Å². The standard InChI is InChI=1S/C21H22FNO3S/c1-2-18(24)26-19-11-14-12-23(10-9-17(14)27-19)20(21(25)13-7-8-13)15-5-3-4-6-16(15)22/h3-6,11,13,20H,2,7-10,12H2,1H3. The van der Waals surface area contributed by atoms with Gasteiger partial charge in [-0.15, -0.1) is 11.3 Å². The molecule has 1 aromatic carbocycles. The van der Waals surface area contributed by atoms with E-state index in [1.54, 1.807) is 25.1 Å². The molecule has 0 bridgehead atoms. The van der Waals surface area contributed by atoms with Gasteiger partial charge in [0.05, 0.1) is 6.04 Å². The number of rotatable bonds is 6. The van der Waals surface area contributed by atoms with Gasteiger partial charge in [-0.05, 0) is 37.0 Å². The van der Waals surface area contributed by atoms with Crippen LogP contribution in [0.2, 0.25) is 0 Å². The average molecular weight is 387 g/mol. The fraction of sp³-hybridized carbons (Fsp3) is 0.429. The van der Waals surface area contributed by atoms with Crippen molar-refractivity contribution in [1.82, 2.24) is 4.90 Å². The van der Waals surface area contributed by atoms with E-state index in [9.17, 15) is 14.0 Å². The van der Waals surface area contributed by atoms with Gasteiger partial charge in [0.2, 0.25) is 0 Å². The summed E-state index contributed by atoms with van der Waals surface area (Å²) < 4.78 is 19.8. The number of esters is 1. The zero-order valence-electron chi connectivity index (χ0n) is 15.2. The second-order valence-electron chi connectivity index (χ2n) is 7.16. The van der Waals surface area contributed by atoms with E-state index in [0.717, 1.165) is 24.8 Å². The van der Waals surface area contributed by atoms with Crippen molar-refractivity contribution >= 4 is 23.1 Å². The van der Waals surface area contributed by atoms with Crippen molar-refractivity contribution in [2.45, 2.75) is 45.2 Å². The maximum atomic E-state index is 14.5. The number of fused-ring (bicyclic) bond motifs is 1. The topological polar surface area (TPSA) is 46.6 Å². The smallest absolute Gasteiger partial charge is 0.311 e. The number of ether oxygens (including phenoxy) is 1. The van der Waals surface area contributed by atoms with Crippen LogP contribution in [0.1, 0.15) is 48.2 Å². The molecule has 6 heteroatoms. The molecule has 1 unspecified atom stereocenters. The summed E-state index contributed by atoms with van der Waals surface area (Å²) in [5, 5.41) is 0.602. The van der Waals surface area contributed by atoms with Gasteiger partial charge in [0.15, 0.2) is 10.8 Å². The van der Waals surface area contributed by atoms with Gasteiger partial charge in [-0.25, -0.2) is 4.39 Å². The molecule has 1 aliphatic heterocycles. The number of nitrogens with zero attached hydrogens (tertiary/aromatic N) is 1. The number of hydrogen-bond donors (Lipinski definition) is 0. The number of carbonyl (C=O) groups excluding carboxylic acids is 2. The van der Waals surface area contributed by atoms with Gasteiger partial charge in [0.25, 0.3) is 0 Å². The third kappa shape index (κ3) is 3.82. The van der Waals surface area contributed by atoms with Gasteiger partial charge < -0.3 is 4.74 Å². The Bertz CT molecular complexity index is 874. The first-order valence-electron chi connectivity index (χ1n) is 9.41. The van der Waals surface area contributed by atoms with Crippen LogP contribution in [0.4, 0.5) is 4.39 Å². The van der Waals surface area contributed by atoms with E-state index in [1.165, 1.54) is 22.3 Å². The van der Waals surface area contributed by atoms with Crippen molar-refractivity contribution in [1.29, 1.82) is 0 Å². The number of thiophene rings is 1. The van der Waals surface area contributed by atoms with Gasteiger partial charge in [-0.1, -0.05) is 25.1 Å². The molecule has 27 heavy (non-hydrogen) atoms. The first-order chi connectivity index (χ1) is 13.1. The molecule has 0 N–H and O–H groups in total. The Labute approximate surface area is 161 Å². The van der Waals surface area contributed by atoms with E-state index in [2.05, 4.69) is 4.90 Å². The lowest BCUT2D eigenvalue weighted by Gasteiger charge is -2.34. The maximum Gasteiger partial charge on any atom is 0.311 e. The van der Waals surface area contributed by atoms with Crippen LogP contribution in [0, 0.1) is 11.7 Å². The number of benzene rings is 1. The lowest BCUT2D eigenvalue weighted by molar-refractivity contribution is -0.133. The molecule has 4 rings (SSSR count). The molecule has 0 radical (unpaired) electrons. The van der Waals surface area contributed by atoms with Crippen LogP contribution in [0.3, 0.4) is 0 Å². The van der Waals surface area contributed by atoms with E-state index in [1.807, 2.05) is 6.07 Å². The first-order valence-corrected chi connectivity index (χ1v) is 10.2. The predicted molar refractivity (Wildman–Crippen MR) is 101 cm³/mol. The van der Waals surface area contributed by atoms with E-state index in [-0.39, 0.29) is 23.5 Å². The van der Waals surface area contributed by atoms with E-state index < -0.39 is 6.04 Å². The number of ketones is 1. The molecule has 0 amide bonds. The SMILES string of the molecule is CCC(=O)Oc1cc2c(s1)CCN(C(C(=O)C1CC1)c1ccccc1F)C2. The molecule has 142 valence electrons. The summed E-state index contributed by atoms with van der Waals surface area (Å²) in [4.78, 5) is 27.8. The van der Waals surface area contributed by atoms with Crippen molar-refractivity contribution in [3.05, 3.63) is 52.2 Å². The molecule has 2 aliphatic rings. The van der Waals surface area contributed by atoms with Crippen molar-refractivity contribution in [2.24, 2.45) is 5.92 Å². The molecule has 1 aromatic heterocycles. The molecule has 1 fully saturated rings. The fourth-order valence-corrected chi connectivity index (χ4v) is 4.63. The minimum Gasteiger partial charge on any atom is -0.415 e. The van der Waals surface area contributed by atoms with Gasteiger partial charge in [-0.2, -0.15) is 0 Å². The molecule has 1 atom stereocenters. The second-order valence-corrected chi connectivity index (χ2v) is 8.26. The Balaban J connectivity index is 1.60. The van der Waals surface area contributed by atoms with Crippen LogP contribution >= 0.6 is 11.3 Å². The molecule has 0 spiro atoms. The van der Waals surface area contributed by atoms with Gasteiger partial charge >= 0.3 is 5.97 Å². The second kappa shape index (κ2) is 7.52. The van der Waals surface area contributed by atoms with Crippen LogP contribution in [-0.4, -0.2) is 23.2 Å². The number of halogens is 1. The van der Waals surface area contributed by atoms with Gasteiger partial charge in [-0.3, -0.25) is 14.5 Å². The van der Waals surface area contributed by atoms with Crippen molar-refractivity contribution in [2.75, 3.05) is 6.54 Å². The van der Waals surface area contributed by atoms with Crippen molar-refractivity contribution in [3.8, 4) is 5.06 Å². The van der Waals surface area contributed by atoms with Crippen LogP contribution in [0.15, 0.2) is 30.3 Å². The Kier molecular flexibility index (Phi) is 5.10. The summed E-state index contributed by atoms with van der Waals surface area (Å²) in [5.74, 6) is -0.403. The fourth-order valence-electron chi connectivity index (χ4n) is 3.60. The molecule has 0 saturated heterocycles. The molecule has 2 aromatic rings. The predicted octanol–water partition coefficient (Wildman–Crippen LogP) is 4.28. The van der Waals surface area contributed by atoms with Crippen LogP contribution in [0.5, 0.6) is 5.06 Å². The van der Waals surface area contributed by atoms with Gasteiger partial charge in [0, 0.05) is 35.9 Å². The summed E-state index contributed by atoms with van der Waals surface area (Å²) >= 11 is 1.49. The number of Topliss-reactive ketones (excluding diaryl/α,β-unsaturated/α-hetero) is 1. The quantitative estimate of drug-likeness (QED) is 0.694. The summed E-state index contributed by atoms with van der Waals surface area (Å²) in [5.41, 5.74) is 1.53. The molecule has 1 aliphatic carbocycles. The van der Waals surface area contributed by atoms with Crippen molar-refractivity contribution < 1.29 is 18.7 Å². The Morgan fingerprint density at radius 1 is 1.33 bits per heavy atom. The van der Waals surface area contributed by atoms with E-state index in [4.69, 9.17) is 4.74 Å². The molecule has 2 heterocycles. The third-order valence-electron chi connectivity index (χ3n) is 5.19. The average Bonchev–Trinajstić information content (AvgIpc) is 3.44. The Morgan fingerprint density at radius 3 is 2.81 bits per heavy atom. The highest BCUT2D eigenvalue weighted by Gasteiger charge is 2.40. The van der Waals surface area contributed by atoms with Crippen LogP contribution < -0.4 is 4.74 Å². The molecule has 4 nitrogen and oxygen atoms in total. The van der Waals surface area contributed by atoms with Gasteiger partial charge in [0.1, 0.15) is 5.82 Å². The number of hydrogen-bond acceptors (Lipinski definition) is 5. The zero-order chi connectivity index (χ0) is 19.0. The third-order valence-corrected chi connectivity index (χ3v) is 6.31. The highest BCUT2D eigenvalue weighted by molar-refractivity contribution is 7.14. The van der Waals surface area contributed by atoms with Crippen molar-refractivity contribution in [3.63, 3.8) is 0 Å². The van der Waals surface area contributed by atoms with E-state index in [0.29, 0.717) is 30.1 Å². The highest BCUT2D eigenvalue weighted by atomic mass is 32.1. The molecular formula is C21H22FNO3S. The summed E-state index contributed by atoms with van der Waals surface area (Å²) in [6, 6.07) is 7.92. The Hall–Kier alpha value is -2.05. The van der Waals surface area contributed by atoms with E-state index >= 15 is 0 Å². The number of carbonyl (C=O) groups is 2. The summed E-state index contributed by atoms with van der Waals surface area (Å²) in [6.45, 7) is 3.01. The van der Waals surface area contributed by atoms with Crippen LogP contribution in [-0.2, 0) is 22.6 Å². The minimum absolute atomic E-state index is 0.0551. The minimum atomic E-state index is -0.548. The lowest BCUT2D eigenvalue weighted by atomic mass is 9.95. The molecular weight excluding hydrogens is 365 g/mol. The Morgan fingerprint density at radius 2 is 2.11 bits per heavy atom. The largest absolute Gasteiger partial charge is 0.415 e. The first kappa shape index (κ1) is 18.3. The summed E-state index contributed by atoms with van der Waals surface area (Å²) in [6.07, 6.45) is 2.91. The zero-order valence-corrected chi connectivity index (χ0v) is 16.1. The highest BCUT2D eigenvalue weighted by Crippen LogP contribution is 2.41. The monoisotopic (exact) mass is 387 g/mol. The molecule has 1 saturated carbocycles.